The lowest BCUT2D eigenvalue weighted by Crippen LogP contribution is -2.28. The first-order valence-corrected chi connectivity index (χ1v) is 8.13. The van der Waals surface area contributed by atoms with Crippen LogP contribution in [0.15, 0.2) is 18.2 Å². The van der Waals surface area contributed by atoms with Gasteiger partial charge < -0.3 is 10.2 Å². The standard InChI is InChI=1S/C17H27N3/c1-3-18-17-6-4-5-16(19-17)12-20(2)11-15-10-13-7-8-14(15)9-13/h4-6,13-15H,3,7-12H2,1-2H3,(H,18,19). The number of nitrogens with zero attached hydrogens (tertiary/aromatic N) is 2. The van der Waals surface area contributed by atoms with Crippen molar-refractivity contribution >= 4 is 5.82 Å². The van der Waals surface area contributed by atoms with E-state index in [9.17, 15) is 0 Å². The molecule has 2 bridgehead atoms. The fraction of sp³-hybridized carbons (Fsp3) is 0.706. The average Bonchev–Trinajstić information content (AvgIpc) is 3.01. The quantitative estimate of drug-likeness (QED) is 0.861. The van der Waals surface area contributed by atoms with Crippen molar-refractivity contribution in [1.29, 1.82) is 0 Å². The number of pyridine rings is 1. The van der Waals surface area contributed by atoms with Crippen LogP contribution in [0.4, 0.5) is 5.82 Å². The fourth-order valence-corrected chi connectivity index (χ4v) is 4.19. The summed E-state index contributed by atoms with van der Waals surface area (Å²) in [5, 5.41) is 3.29. The number of rotatable bonds is 6. The molecule has 3 rings (SSSR count). The molecule has 0 aliphatic heterocycles. The van der Waals surface area contributed by atoms with Gasteiger partial charge in [-0.3, -0.25) is 0 Å². The van der Waals surface area contributed by atoms with Crippen LogP contribution in [0, 0.1) is 17.8 Å². The van der Waals surface area contributed by atoms with Crippen molar-refractivity contribution < 1.29 is 0 Å². The third kappa shape index (κ3) is 3.14. The van der Waals surface area contributed by atoms with Gasteiger partial charge in [0.2, 0.25) is 0 Å². The van der Waals surface area contributed by atoms with Crippen LogP contribution in [0.2, 0.25) is 0 Å². The molecule has 0 saturated heterocycles. The van der Waals surface area contributed by atoms with E-state index in [1.165, 1.54) is 37.9 Å². The molecule has 3 atom stereocenters. The maximum Gasteiger partial charge on any atom is 0.126 e. The lowest BCUT2D eigenvalue weighted by Gasteiger charge is -2.27. The highest BCUT2D eigenvalue weighted by Crippen LogP contribution is 2.48. The van der Waals surface area contributed by atoms with Gasteiger partial charge in [0.25, 0.3) is 0 Å². The zero-order chi connectivity index (χ0) is 13.9. The van der Waals surface area contributed by atoms with E-state index in [1.807, 2.05) is 6.07 Å². The first-order valence-electron chi connectivity index (χ1n) is 8.13. The van der Waals surface area contributed by atoms with E-state index in [-0.39, 0.29) is 0 Å². The molecule has 3 nitrogen and oxygen atoms in total. The second kappa shape index (κ2) is 6.13. The van der Waals surface area contributed by atoms with Crippen LogP contribution in [0.5, 0.6) is 0 Å². The predicted octanol–water partition coefficient (Wildman–Crippen LogP) is 3.38. The molecule has 110 valence electrons. The van der Waals surface area contributed by atoms with Crippen LogP contribution in [-0.2, 0) is 6.54 Å². The maximum absolute atomic E-state index is 4.67. The largest absolute Gasteiger partial charge is 0.370 e. The Morgan fingerprint density at radius 3 is 2.90 bits per heavy atom. The van der Waals surface area contributed by atoms with E-state index < -0.39 is 0 Å². The molecule has 2 aliphatic carbocycles. The molecule has 3 heteroatoms. The van der Waals surface area contributed by atoms with Gasteiger partial charge in [-0.1, -0.05) is 12.5 Å². The zero-order valence-corrected chi connectivity index (χ0v) is 12.8. The Bertz CT molecular complexity index is 446. The van der Waals surface area contributed by atoms with Gasteiger partial charge in [-0.25, -0.2) is 4.98 Å². The first-order chi connectivity index (χ1) is 9.74. The monoisotopic (exact) mass is 273 g/mol. The topological polar surface area (TPSA) is 28.2 Å². The fourth-order valence-electron chi connectivity index (χ4n) is 4.19. The first kappa shape index (κ1) is 13.9. The number of aromatic nitrogens is 1. The van der Waals surface area contributed by atoms with Gasteiger partial charge in [-0.15, -0.1) is 0 Å². The summed E-state index contributed by atoms with van der Waals surface area (Å²) in [5.41, 5.74) is 1.18. The Balaban J connectivity index is 1.53. The Morgan fingerprint density at radius 1 is 1.30 bits per heavy atom. The highest BCUT2D eigenvalue weighted by atomic mass is 15.1. The van der Waals surface area contributed by atoms with Crippen LogP contribution in [0.3, 0.4) is 0 Å². The summed E-state index contributed by atoms with van der Waals surface area (Å²) in [6, 6.07) is 6.28. The molecular weight excluding hydrogens is 246 g/mol. The summed E-state index contributed by atoms with van der Waals surface area (Å²) < 4.78 is 0. The van der Waals surface area contributed by atoms with Crippen LogP contribution >= 0.6 is 0 Å². The average molecular weight is 273 g/mol. The summed E-state index contributed by atoms with van der Waals surface area (Å²) in [7, 11) is 2.24. The van der Waals surface area contributed by atoms with Crippen molar-refractivity contribution in [2.24, 2.45) is 17.8 Å². The lowest BCUT2D eigenvalue weighted by atomic mass is 9.88. The van der Waals surface area contributed by atoms with Crippen LogP contribution in [0.1, 0.15) is 38.3 Å². The Hall–Kier alpha value is -1.09. The van der Waals surface area contributed by atoms with Gasteiger partial charge in [0.15, 0.2) is 0 Å². The molecule has 3 unspecified atom stereocenters. The van der Waals surface area contributed by atoms with Crippen LogP contribution in [0.25, 0.3) is 0 Å². The summed E-state index contributed by atoms with van der Waals surface area (Å²) in [4.78, 5) is 7.13. The van der Waals surface area contributed by atoms with E-state index in [0.717, 1.165) is 36.7 Å². The van der Waals surface area contributed by atoms with Gasteiger partial charge in [-0.2, -0.15) is 0 Å². The van der Waals surface area contributed by atoms with Gasteiger partial charge >= 0.3 is 0 Å². The van der Waals surface area contributed by atoms with Crippen molar-refractivity contribution in [3.8, 4) is 0 Å². The molecule has 20 heavy (non-hydrogen) atoms. The lowest BCUT2D eigenvalue weighted by molar-refractivity contribution is 0.213. The van der Waals surface area contributed by atoms with Crippen molar-refractivity contribution in [2.75, 3.05) is 25.5 Å². The smallest absolute Gasteiger partial charge is 0.126 e. The summed E-state index contributed by atoms with van der Waals surface area (Å²) in [5.74, 6) is 4.01. The molecule has 1 aromatic rings. The normalized spacial score (nSPS) is 28.2. The third-order valence-electron chi connectivity index (χ3n) is 5.03. The molecule has 2 fully saturated rings. The molecule has 1 N–H and O–H groups in total. The van der Waals surface area contributed by atoms with E-state index in [0.29, 0.717) is 0 Å². The summed E-state index contributed by atoms with van der Waals surface area (Å²) in [6.07, 6.45) is 5.96. The second-order valence-electron chi connectivity index (χ2n) is 6.68. The van der Waals surface area contributed by atoms with Gasteiger partial charge in [0, 0.05) is 19.6 Å². The Morgan fingerprint density at radius 2 is 2.20 bits per heavy atom. The number of anilines is 1. The SMILES string of the molecule is CCNc1cccc(CN(C)CC2CC3CCC2C3)n1. The van der Waals surface area contributed by atoms with Crippen molar-refractivity contribution in [1.82, 2.24) is 9.88 Å². The molecule has 0 spiro atoms. The van der Waals surface area contributed by atoms with Crippen molar-refractivity contribution in [3.05, 3.63) is 23.9 Å². The molecule has 0 amide bonds. The van der Waals surface area contributed by atoms with E-state index in [4.69, 9.17) is 0 Å². The Kier molecular flexibility index (Phi) is 4.25. The molecule has 1 aromatic heterocycles. The van der Waals surface area contributed by atoms with E-state index >= 15 is 0 Å². The molecule has 0 radical (unpaired) electrons. The minimum Gasteiger partial charge on any atom is -0.370 e. The molecular formula is C17H27N3. The second-order valence-corrected chi connectivity index (χ2v) is 6.68. The highest BCUT2D eigenvalue weighted by Gasteiger charge is 2.39. The number of hydrogen-bond acceptors (Lipinski definition) is 3. The molecule has 0 aromatic carbocycles. The van der Waals surface area contributed by atoms with Gasteiger partial charge in [-0.05, 0) is 63.1 Å². The third-order valence-corrected chi connectivity index (χ3v) is 5.03. The van der Waals surface area contributed by atoms with E-state index in [2.05, 4.69) is 41.3 Å². The minimum absolute atomic E-state index is 0.928. The molecule has 1 heterocycles. The summed E-state index contributed by atoms with van der Waals surface area (Å²) in [6.45, 7) is 5.24. The Labute approximate surface area is 122 Å². The van der Waals surface area contributed by atoms with Gasteiger partial charge in [0.05, 0.1) is 5.69 Å². The molecule has 2 aliphatic rings. The van der Waals surface area contributed by atoms with Crippen LogP contribution < -0.4 is 5.32 Å². The molecule has 2 saturated carbocycles. The summed E-state index contributed by atoms with van der Waals surface area (Å²) >= 11 is 0. The number of hydrogen-bond donors (Lipinski definition) is 1. The zero-order valence-electron chi connectivity index (χ0n) is 12.8. The number of fused-ring (bicyclic) bond motifs is 2. The van der Waals surface area contributed by atoms with E-state index in [1.54, 1.807) is 0 Å². The van der Waals surface area contributed by atoms with Gasteiger partial charge in [0.1, 0.15) is 5.82 Å². The highest BCUT2D eigenvalue weighted by molar-refractivity contribution is 5.34. The maximum atomic E-state index is 4.67. The van der Waals surface area contributed by atoms with Crippen LogP contribution in [-0.4, -0.2) is 30.0 Å². The number of nitrogens with one attached hydrogen (secondary N) is 1. The predicted molar refractivity (Wildman–Crippen MR) is 83.7 cm³/mol. The van der Waals surface area contributed by atoms with Crippen molar-refractivity contribution in [3.63, 3.8) is 0 Å². The minimum atomic E-state index is 0.928. The van der Waals surface area contributed by atoms with Crippen molar-refractivity contribution in [2.45, 2.75) is 39.2 Å².